The van der Waals surface area contributed by atoms with Crippen molar-refractivity contribution in [1.29, 1.82) is 0 Å². The number of nitrogens with zero attached hydrogens (tertiary/aromatic N) is 3. The van der Waals surface area contributed by atoms with Crippen molar-refractivity contribution >= 4 is 53.3 Å². The van der Waals surface area contributed by atoms with Gasteiger partial charge in [-0.3, -0.25) is 0 Å². The summed E-state index contributed by atoms with van der Waals surface area (Å²) in [6.45, 7) is 10.5. The number of hydrogen-bond acceptors (Lipinski definition) is 5. The van der Waals surface area contributed by atoms with Crippen LogP contribution in [0, 0.1) is 3.70 Å². The molecule has 2 rings (SSSR count). The number of rotatable bonds is 9. The lowest BCUT2D eigenvalue weighted by molar-refractivity contribution is 0.0786. The van der Waals surface area contributed by atoms with Gasteiger partial charge < -0.3 is 14.2 Å². The molecule has 0 amide bonds. The highest BCUT2D eigenvalue weighted by Gasteiger charge is 2.19. The molecule has 1 unspecified atom stereocenters. The molecule has 0 aliphatic carbocycles. The number of ether oxygens (including phenoxy) is 3. The van der Waals surface area contributed by atoms with Gasteiger partial charge >= 0.3 is 0 Å². The SMILES string of the molecule is COCC(C)Oc1cc(Cl)nc2c(I)nn(COCC[Si](C)(C)C)c12. The van der Waals surface area contributed by atoms with E-state index in [4.69, 9.17) is 25.8 Å². The molecule has 9 heteroatoms. The quantitative estimate of drug-likeness (QED) is 0.222. The number of fused-ring (bicyclic) bond motifs is 1. The topological polar surface area (TPSA) is 58.4 Å². The minimum atomic E-state index is -1.12. The van der Waals surface area contributed by atoms with E-state index in [1.165, 1.54) is 0 Å². The number of aromatic nitrogens is 3. The van der Waals surface area contributed by atoms with Gasteiger partial charge in [-0.2, -0.15) is 5.10 Å². The van der Waals surface area contributed by atoms with Crippen LogP contribution in [0.25, 0.3) is 11.0 Å². The van der Waals surface area contributed by atoms with Gasteiger partial charge in [0.25, 0.3) is 0 Å². The van der Waals surface area contributed by atoms with Gasteiger partial charge in [0.2, 0.25) is 0 Å². The van der Waals surface area contributed by atoms with Crippen LogP contribution in [0.3, 0.4) is 0 Å². The van der Waals surface area contributed by atoms with Crippen molar-refractivity contribution in [3.8, 4) is 5.75 Å². The number of methoxy groups -OCH3 is 1. The van der Waals surface area contributed by atoms with Crippen LogP contribution in [0.1, 0.15) is 6.92 Å². The first-order valence-electron chi connectivity index (χ1n) is 8.17. The summed E-state index contributed by atoms with van der Waals surface area (Å²) in [7, 11) is 0.530. The van der Waals surface area contributed by atoms with E-state index in [-0.39, 0.29) is 6.10 Å². The molecule has 0 aromatic carbocycles. The van der Waals surface area contributed by atoms with E-state index in [0.717, 1.165) is 27.4 Å². The molecule has 0 aliphatic heterocycles. The van der Waals surface area contributed by atoms with Crippen molar-refractivity contribution in [2.45, 2.75) is 45.4 Å². The van der Waals surface area contributed by atoms with Gasteiger partial charge in [-0.05, 0) is 35.6 Å². The van der Waals surface area contributed by atoms with Crippen LogP contribution in [-0.4, -0.2) is 49.3 Å². The number of hydrogen-bond donors (Lipinski definition) is 0. The Morgan fingerprint density at radius 3 is 2.72 bits per heavy atom. The van der Waals surface area contributed by atoms with Crippen molar-refractivity contribution in [1.82, 2.24) is 14.8 Å². The summed E-state index contributed by atoms with van der Waals surface area (Å²) in [6, 6.07) is 2.83. The molecule has 2 aromatic rings. The smallest absolute Gasteiger partial charge is 0.150 e. The Hall–Kier alpha value is -0.423. The van der Waals surface area contributed by atoms with E-state index in [0.29, 0.717) is 24.2 Å². The zero-order chi connectivity index (χ0) is 18.6. The van der Waals surface area contributed by atoms with Crippen molar-refractivity contribution in [2.24, 2.45) is 0 Å². The van der Waals surface area contributed by atoms with Gasteiger partial charge in [-0.25, -0.2) is 9.67 Å². The average Bonchev–Trinajstić information content (AvgIpc) is 2.79. The summed E-state index contributed by atoms with van der Waals surface area (Å²) in [5, 5.41) is 4.91. The molecule has 0 fully saturated rings. The molecule has 1 atom stereocenters. The average molecular weight is 498 g/mol. The van der Waals surface area contributed by atoms with Crippen molar-refractivity contribution < 1.29 is 14.2 Å². The van der Waals surface area contributed by atoms with E-state index in [1.54, 1.807) is 17.9 Å². The molecular weight excluding hydrogens is 473 g/mol. The third-order valence-electron chi connectivity index (χ3n) is 3.53. The highest BCUT2D eigenvalue weighted by molar-refractivity contribution is 14.1. The van der Waals surface area contributed by atoms with Gasteiger partial charge in [-0.1, -0.05) is 31.2 Å². The van der Waals surface area contributed by atoms with E-state index >= 15 is 0 Å². The molecule has 0 N–H and O–H groups in total. The van der Waals surface area contributed by atoms with Crippen LogP contribution in [0.2, 0.25) is 30.8 Å². The maximum Gasteiger partial charge on any atom is 0.150 e. The van der Waals surface area contributed by atoms with Crippen LogP contribution >= 0.6 is 34.2 Å². The first kappa shape index (κ1) is 20.9. The summed E-state index contributed by atoms with van der Waals surface area (Å²) in [4.78, 5) is 4.39. The van der Waals surface area contributed by atoms with E-state index in [9.17, 15) is 0 Å². The Balaban J connectivity index is 2.24. The zero-order valence-electron chi connectivity index (χ0n) is 15.3. The van der Waals surface area contributed by atoms with Gasteiger partial charge in [0.05, 0.1) is 6.61 Å². The number of halogens is 2. The summed E-state index contributed by atoms with van der Waals surface area (Å²) in [6.07, 6.45) is -0.111. The zero-order valence-corrected chi connectivity index (χ0v) is 19.2. The minimum absolute atomic E-state index is 0.111. The highest BCUT2D eigenvalue weighted by atomic mass is 127. The first-order chi connectivity index (χ1) is 11.7. The first-order valence-corrected chi connectivity index (χ1v) is 13.3. The van der Waals surface area contributed by atoms with Crippen LogP contribution < -0.4 is 4.74 Å². The maximum atomic E-state index is 6.15. The molecule has 0 aliphatic rings. The molecule has 0 spiro atoms. The summed E-state index contributed by atoms with van der Waals surface area (Å²) < 4.78 is 19.6. The molecule has 0 bridgehead atoms. The lowest BCUT2D eigenvalue weighted by Crippen LogP contribution is -2.22. The van der Waals surface area contributed by atoms with Crippen LogP contribution in [0.15, 0.2) is 6.07 Å². The molecule has 0 saturated carbocycles. The van der Waals surface area contributed by atoms with Crippen LogP contribution in [0.4, 0.5) is 0 Å². The molecule has 6 nitrogen and oxygen atoms in total. The maximum absolute atomic E-state index is 6.15. The molecule has 25 heavy (non-hydrogen) atoms. The Kier molecular flexibility index (Phi) is 7.50. The number of pyridine rings is 1. The lowest BCUT2D eigenvalue weighted by Gasteiger charge is -2.17. The molecular formula is C16H25ClIN3O3Si. The van der Waals surface area contributed by atoms with Gasteiger partial charge in [0, 0.05) is 27.9 Å². The van der Waals surface area contributed by atoms with Gasteiger partial charge in [-0.15, -0.1) is 0 Å². The van der Waals surface area contributed by atoms with E-state index < -0.39 is 8.07 Å². The Morgan fingerprint density at radius 1 is 1.36 bits per heavy atom. The largest absolute Gasteiger partial charge is 0.486 e. The lowest BCUT2D eigenvalue weighted by atomic mass is 10.3. The Labute approximate surface area is 168 Å². The van der Waals surface area contributed by atoms with Gasteiger partial charge in [0.1, 0.15) is 32.7 Å². The van der Waals surface area contributed by atoms with Crippen LogP contribution in [-0.2, 0) is 16.2 Å². The van der Waals surface area contributed by atoms with E-state index in [2.05, 4.69) is 52.3 Å². The van der Waals surface area contributed by atoms with Crippen molar-refractivity contribution in [3.63, 3.8) is 0 Å². The second kappa shape index (κ2) is 8.98. The van der Waals surface area contributed by atoms with Crippen LogP contribution in [0.5, 0.6) is 5.75 Å². The second-order valence-corrected chi connectivity index (χ2v) is 14.2. The summed E-state index contributed by atoms with van der Waals surface area (Å²) in [5.74, 6) is 0.642. The fourth-order valence-corrected chi connectivity index (χ4v) is 3.86. The predicted octanol–water partition coefficient (Wildman–Crippen LogP) is 4.42. The second-order valence-electron chi connectivity index (χ2n) is 7.16. The third-order valence-corrected chi connectivity index (χ3v) is 6.15. The Morgan fingerprint density at radius 2 is 2.08 bits per heavy atom. The normalized spacial score (nSPS) is 13.4. The fourth-order valence-electron chi connectivity index (χ4n) is 2.28. The standard InChI is InChI=1S/C16H25ClIN3O3Si/c1-11(9-22-2)24-12-8-13(17)19-14-15(12)21(20-16(14)18)10-23-6-7-25(3,4)5/h8,11H,6-7,9-10H2,1-5H3. The van der Waals surface area contributed by atoms with E-state index in [1.807, 2.05) is 6.92 Å². The predicted molar refractivity (Wildman–Crippen MR) is 111 cm³/mol. The van der Waals surface area contributed by atoms with Crippen molar-refractivity contribution in [2.75, 3.05) is 20.3 Å². The minimum Gasteiger partial charge on any atom is -0.486 e. The fraction of sp³-hybridized carbons (Fsp3) is 0.625. The van der Waals surface area contributed by atoms with Gasteiger partial charge in [0.15, 0.2) is 5.75 Å². The molecule has 140 valence electrons. The molecule has 0 radical (unpaired) electrons. The molecule has 2 heterocycles. The van der Waals surface area contributed by atoms with Crippen molar-refractivity contribution in [3.05, 3.63) is 14.9 Å². The molecule has 2 aromatic heterocycles. The summed E-state index contributed by atoms with van der Waals surface area (Å²) in [5.41, 5.74) is 1.52. The highest BCUT2D eigenvalue weighted by Crippen LogP contribution is 2.31. The monoisotopic (exact) mass is 497 g/mol. The Bertz CT molecular complexity index is 721. The third kappa shape index (κ3) is 6.06. The summed E-state index contributed by atoms with van der Waals surface area (Å²) >= 11 is 8.31. The molecule has 0 saturated heterocycles.